The van der Waals surface area contributed by atoms with Gasteiger partial charge in [-0.2, -0.15) is 5.26 Å². The number of fused-ring (bicyclic) bond motifs is 3. The Morgan fingerprint density at radius 1 is 1.23 bits per heavy atom. The van der Waals surface area contributed by atoms with Crippen LogP contribution in [-0.4, -0.2) is 16.6 Å². The molecule has 1 unspecified atom stereocenters. The number of halogens is 1. The zero-order chi connectivity index (χ0) is 25.2. The number of ketones is 1. The summed E-state index contributed by atoms with van der Waals surface area (Å²) >= 11 is 6.30. The molecule has 5 rings (SSSR count). The van der Waals surface area contributed by atoms with Crippen LogP contribution in [0.2, 0.25) is 5.02 Å². The van der Waals surface area contributed by atoms with Gasteiger partial charge < -0.3 is 11.1 Å². The Hall–Kier alpha value is -4.16. The van der Waals surface area contributed by atoms with E-state index in [2.05, 4.69) is 11.4 Å². The Balaban J connectivity index is 1.89. The minimum absolute atomic E-state index is 0.0415. The standard InChI is InChI=1S/C25H20ClN5O4/c1-12-6-7-14(31(34)35)10-19(12)30-18-4-3-5-20(32)21(18)25(16(11-27)23(30)28)15-8-9-17(26)13(2)22(15)29-24(25)33/h6-10H,3-5,28H2,1-2H3,(H,29,33). The number of hydrogen-bond acceptors (Lipinski definition) is 7. The van der Waals surface area contributed by atoms with E-state index in [1.165, 1.54) is 17.0 Å². The summed E-state index contributed by atoms with van der Waals surface area (Å²) in [6.45, 7) is 3.51. The molecule has 9 nitrogen and oxygen atoms in total. The number of carbonyl (C=O) groups is 2. The van der Waals surface area contributed by atoms with Gasteiger partial charge in [-0.3, -0.25) is 24.6 Å². The minimum Gasteiger partial charge on any atom is -0.384 e. The Morgan fingerprint density at radius 2 is 1.97 bits per heavy atom. The van der Waals surface area contributed by atoms with E-state index in [0.717, 1.165) is 0 Å². The Labute approximate surface area is 205 Å². The number of nitro groups is 1. The smallest absolute Gasteiger partial charge is 0.271 e. The number of nitrogens with two attached hydrogens (primary N) is 1. The van der Waals surface area contributed by atoms with E-state index >= 15 is 0 Å². The quantitative estimate of drug-likeness (QED) is 0.473. The number of nitrogens with zero attached hydrogens (tertiary/aromatic N) is 3. The van der Waals surface area contributed by atoms with E-state index < -0.39 is 16.2 Å². The van der Waals surface area contributed by atoms with Crippen LogP contribution in [0.4, 0.5) is 17.1 Å². The molecule has 0 saturated heterocycles. The molecule has 35 heavy (non-hydrogen) atoms. The van der Waals surface area contributed by atoms with Crippen LogP contribution in [-0.2, 0) is 15.0 Å². The van der Waals surface area contributed by atoms with Crippen LogP contribution in [0.1, 0.15) is 36.0 Å². The second-order valence-electron chi connectivity index (χ2n) is 8.83. The molecule has 0 fully saturated rings. The lowest BCUT2D eigenvalue weighted by atomic mass is 9.63. The molecule has 2 aromatic rings. The number of rotatable bonds is 2. The van der Waals surface area contributed by atoms with E-state index in [9.17, 15) is 25.0 Å². The second-order valence-corrected chi connectivity index (χ2v) is 9.24. The van der Waals surface area contributed by atoms with E-state index in [4.69, 9.17) is 17.3 Å². The molecule has 0 aromatic heterocycles. The number of nitro benzene ring substituents is 1. The van der Waals surface area contributed by atoms with Crippen LogP contribution in [0.3, 0.4) is 0 Å². The summed E-state index contributed by atoms with van der Waals surface area (Å²) in [5.41, 5.74) is 7.85. The number of carbonyl (C=O) groups excluding carboxylic acids is 2. The molecule has 0 bridgehead atoms. The van der Waals surface area contributed by atoms with Gasteiger partial charge in [0.15, 0.2) is 5.78 Å². The van der Waals surface area contributed by atoms with Crippen molar-refractivity contribution >= 4 is 40.4 Å². The maximum Gasteiger partial charge on any atom is 0.271 e. The maximum absolute atomic E-state index is 13.8. The molecule has 2 heterocycles. The Kier molecular flexibility index (Phi) is 4.97. The summed E-state index contributed by atoms with van der Waals surface area (Å²) in [7, 11) is 0. The van der Waals surface area contributed by atoms with Gasteiger partial charge in [0.25, 0.3) is 5.69 Å². The van der Waals surface area contributed by atoms with Crippen LogP contribution in [0, 0.1) is 35.3 Å². The van der Waals surface area contributed by atoms with Crippen LogP contribution in [0.25, 0.3) is 0 Å². The molecule has 1 atom stereocenters. The van der Waals surface area contributed by atoms with Gasteiger partial charge in [-0.1, -0.05) is 23.7 Å². The van der Waals surface area contributed by atoms with Gasteiger partial charge in [0.05, 0.1) is 21.9 Å². The molecule has 3 aliphatic rings. The topological polar surface area (TPSA) is 142 Å². The fraction of sp³-hybridized carbons (Fsp3) is 0.240. The average Bonchev–Trinajstić information content (AvgIpc) is 3.10. The first-order chi connectivity index (χ1) is 16.6. The number of hydrogen-bond donors (Lipinski definition) is 2. The molecule has 176 valence electrons. The SMILES string of the molecule is Cc1ccc([N+](=O)[O-])cc1N1C(N)=C(C#N)C2(C(=O)Nc3c2ccc(Cl)c3C)C2=C1CCCC2=O. The van der Waals surface area contributed by atoms with Crippen molar-refractivity contribution in [1.29, 1.82) is 5.26 Å². The van der Waals surface area contributed by atoms with Crippen LogP contribution >= 0.6 is 11.6 Å². The Bertz CT molecular complexity index is 1490. The summed E-state index contributed by atoms with van der Waals surface area (Å²) in [5.74, 6) is -0.856. The molecule has 1 spiro atoms. The number of benzene rings is 2. The van der Waals surface area contributed by atoms with E-state index in [-0.39, 0.29) is 34.9 Å². The highest BCUT2D eigenvalue weighted by Crippen LogP contribution is 2.56. The molecule has 2 aromatic carbocycles. The van der Waals surface area contributed by atoms with Gasteiger partial charge in [-0.25, -0.2) is 0 Å². The molecule has 3 N–H and O–H groups in total. The third-order valence-corrected chi connectivity index (χ3v) is 7.45. The first-order valence-corrected chi connectivity index (χ1v) is 11.4. The lowest BCUT2D eigenvalue weighted by molar-refractivity contribution is -0.384. The third kappa shape index (κ3) is 2.87. The van der Waals surface area contributed by atoms with Crippen molar-refractivity contribution in [3.05, 3.63) is 84.8 Å². The molecule has 10 heteroatoms. The molecule has 1 amide bonds. The highest BCUT2D eigenvalue weighted by molar-refractivity contribution is 6.32. The highest BCUT2D eigenvalue weighted by Gasteiger charge is 2.60. The number of non-ortho nitro benzene ring substituents is 1. The van der Waals surface area contributed by atoms with Crippen LogP contribution in [0.5, 0.6) is 0 Å². The number of nitrogens with one attached hydrogen (secondary N) is 1. The van der Waals surface area contributed by atoms with Crippen molar-refractivity contribution in [1.82, 2.24) is 0 Å². The van der Waals surface area contributed by atoms with Crippen LogP contribution in [0.15, 0.2) is 53.0 Å². The lowest BCUT2D eigenvalue weighted by Crippen LogP contribution is -2.50. The molecule has 1 aliphatic carbocycles. The predicted molar refractivity (Wildman–Crippen MR) is 130 cm³/mol. The number of anilines is 2. The maximum atomic E-state index is 13.8. The normalized spacial score (nSPS) is 21.1. The van der Waals surface area contributed by atoms with Crippen molar-refractivity contribution in [3.63, 3.8) is 0 Å². The summed E-state index contributed by atoms with van der Waals surface area (Å²) < 4.78 is 0. The first kappa shape index (κ1) is 22.6. The zero-order valence-corrected chi connectivity index (χ0v) is 19.7. The largest absolute Gasteiger partial charge is 0.384 e. The van der Waals surface area contributed by atoms with E-state index in [0.29, 0.717) is 51.6 Å². The second kappa shape index (κ2) is 7.68. The number of amides is 1. The molecule has 0 saturated carbocycles. The molecule has 0 radical (unpaired) electrons. The number of nitriles is 1. The fourth-order valence-electron chi connectivity index (χ4n) is 5.41. The molecule has 2 aliphatic heterocycles. The number of aryl methyl sites for hydroxylation is 1. The third-order valence-electron chi connectivity index (χ3n) is 7.04. The van der Waals surface area contributed by atoms with Gasteiger partial charge in [0, 0.05) is 40.4 Å². The first-order valence-electron chi connectivity index (χ1n) is 11.0. The average molecular weight is 490 g/mol. The van der Waals surface area contributed by atoms with Crippen molar-refractivity contribution in [2.45, 2.75) is 38.5 Å². The van der Waals surface area contributed by atoms with Crippen molar-refractivity contribution < 1.29 is 14.5 Å². The fourth-order valence-corrected chi connectivity index (χ4v) is 5.56. The Morgan fingerprint density at radius 3 is 2.66 bits per heavy atom. The van der Waals surface area contributed by atoms with Crippen molar-refractivity contribution in [3.8, 4) is 6.07 Å². The summed E-state index contributed by atoms with van der Waals surface area (Å²) in [6, 6.07) is 9.71. The summed E-state index contributed by atoms with van der Waals surface area (Å²) in [4.78, 5) is 39.8. The van der Waals surface area contributed by atoms with E-state index in [1.807, 2.05) is 0 Å². The molecular formula is C25H20ClN5O4. The monoisotopic (exact) mass is 489 g/mol. The van der Waals surface area contributed by atoms with Crippen molar-refractivity contribution in [2.24, 2.45) is 5.73 Å². The summed E-state index contributed by atoms with van der Waals surface area (Å²) in [6.07, 6.45) is 1.12. The minimum atomic E-state index is -1.72. The number of allylic oxidation sites excluding steroid dienone is 1. The predicted octanol–water partition coefficient (Wildman–Crippen LogP) is 4.28. The van der Waals surface area contributed by atoms with Crippen molar-refractivity contribution in [2.75, 3.05) is 10.2 Å². The van der Waals surface area contributed by atoms with Gasteiger partial charge in [-0.05, 0) is 43.9 Å². The highest BCUT2D eigenvalue weighted by atomic mass is 35.5. The van der Waals surface area contributed by atoms with Gasteiger partial charge in [-0.15, -0.1) is 0 Å². The zero-order valence-electron chi connectivity index (χ0n) is 18.9. The lowest BCUT2D eigenvalue weighted by Gasteiger charge is -2.43. The summed E-state index contributed by atoms with van der Waals surface area (Å²) in [5, 5.41) is 25.1. The van der Waals surface area contributed by atoms with Crippen LogP contribution < -0.4 is 16.0 Å². The van der Waals surface area contributed by atoms with E-state index in [1.54, 1.807) is 32.0 Å². The van der Waals surface area contributed by atoms with Gasteiger partial charge >= 0.3 is 0 Å². The van der Waals surface area contributed by atoms with Gasteiger partial charge in [0.2, 0.25) is 5.91 Å². The number of Topliss-reactive ketones (excluding diaryl/α,β-unsaturated/α-hetero) is 1. The molecular weight excluding hydrogens is 470 g/mol. The van der Waals surface area contributed by atoms with Gasteiger partial charge in [0.1, 0.15) is 17.3 Å².